The highest BCUT2D eigenvalue weighted by molar-refractivity contribution is 6.33. The Kier molecular flexibility index (Phi) is 4.77. The number of nitro groups is 1. The summed E-state index contributed by atoms with van der Waals surface area (Å²) in [5.41, 5.74) is 2.05. The molecule has 2 N–H and O–H groups in total. The second kappa shape index (κ2) is 6.56. The quantitative estimate of drug-likeness (QED) is 0.652. The Morgan fingerprint density at radius 1 is 1.33 bits per heavy atom. The van der Waals surface area contributed by atoms with Gasteiger partial charge in [0.25, 0.3) is 5.69 Å². The lowest BCUT2D eigenvalue weighted by atomic mass is 10.1. The van der Waals surface area contributed by atoms with E-state index in [1.807, 2.05) is 30.3 Å². The molecule has 2 aromatic carbocycles. The highest BCUT2D eigenvalue weighted by Gasteiger charge is 2.15. The Morgan fingerprint density at radius 3 is 2.62 bits per heavy atom. The third kappa shape index (κ3) is 3.71. The first-order chi connectivity index (χ1) is 9.99. The lowest BCUT2D eigenvalue weighted by Gasteiger charge is -2.15. The van der Waals surface area contributed by atoms with Crippen LogP contribution in [0, 0.1) is 17.0 Å². The number of nitrogens with zero attached hydrogens (tertiary/aromatic N) is 1. The molecule has 0 aliphatic heterocycles. The number of nitrogens with one attached hydrogen (secondary N) is 1. The molecule has 0 fully saturated rings. The van der Waals surface area contributed by atoms with E-state index in [1.165, 1.54) is 12.1 Å². The lowest BCUT2D eigenvalue weighted by Crippen LogP contribution is -2.12. The Morgan fingerprint density at radius 2 is 2.00 bits per heavy atom. The summed E-state index contributed by atoms with van der Waals surface area (Å²) in [7, 11) is 0. The predicted octanol–water partition coefficient (Wildman–Crippen LogP) is 3.70. The summed E-state index contributed by atoms with van der Waals surface area (Å²) in [5.74, 6) is 0. The number of hydrogen-bond acceptors (Lipinski definition) is 4. The van der Waals surface area contributed by atoms with Gasteiger partial charge >= 0.3 is 0 Å². The van der Waals surface area contributed by atoms with Gasteiger partial charge in [-0.2, -0.15) is 0 Å². The first-order valence-electron chi connectivity index (χ1n) is 6.40. The number of aliphatic hydroxyl groups excluding tert-OH is 1. The van der Waals surface area contributed by atoms with E-state index in [2.05, 4.69) is 5.32 Å². The van der Waals surface area contributed by atoms with Crippen molar-refractivity contribution in [1.82, 2.24) is 0 Å². The molecule has 0 bridgehead atoms. The minimum absolute atomic E-state index is 0.0716. The standard InChI is InChI=1S/C15H15ClN2O3/c1-10-7-14(18(20)21)12(16)8-13(10)17-9-15(19)11-5-3-2-4-6-11/h2-8,15,17,19H,9H2,1H3. The van der Waals surface area contributed by atoms with Crippen molar-refractivity contribution >= 4 is 23.0 Å². The number of aryl methyl sites for hydroxylation is 1. The second-order valence-electron chi connectivity index (χ2n) is 4.68. The number of rotatable bonds is 5. The molecule has 0 aliphatic rings. The van der Waals surface area contributed by atoms with Crippen LogP contribution in [0.25, 0.3) is 0 Å². The van der Waals surface area contributed by atoms with E-state index in [0.717, 1.165) is 5.56 Å². The zero-order valence-electron chi connectivity index (χ0n) is 11.4. The molecule has 0 aromatic heterocycles. The van der Waals surface area contributed by atoms with Crippen molar-refractivity contribution in [2.45, 2.75) is 13.0 Å². The summed E-state index contributed by atoms with van der Waals surface area (Å²) in [6.07, 6.45) is -0.667. The van der Waals surface area contributed by atoms with Gasteiger partial charge in [0.1, 0.15) is 5.02 Å². The summed E-state index contributed by atoms with van der Waals surface area (Å²) >= 11 is 5.88. The summed E-state index contributed by atoms with van der Waals surface area (Å²) in [6, 6.07) is 12.2. The molecule has 0 amide bonds. The fourth-order valence-electron chi connectivity index (χ4n) is 2.00. The van der Waals surface area contributed by atoms with Crippen LogP contribution < -0.4 is 5.32 Å². The maximum Gasteiger partial charge on any atom is 0.288 e. The number of benzene rings is 2. The van der Waals surface area contributed by atoms with Crippen molar-refractivity contribution in [2.24, 2.45) is 0 Å². The van der Waals surface area contributed by atoms with E-state index in [1.54, 1.807) is 6.92 Å². The largest absolute Gasteiger partial charge is 0.387 e. The van der Waals surface area contributed by atoms with Crippen LogP contribution >= 0.6 is 11.6 Å². The molecule has 1 atom stereocenters. The van der Waals surface area contributed by atoms with Crippen LogP contribution in [0.1, 0.15) is 17.2 Å². The first kappa shape index (κ1) is 15.3. The normalized spacial score (nSPS) is 12.0. The third-order valence-corrected chi connectivity index (χ3v) is 3.46. The van der Waals surface area contributed by atoms with Crippen molar-refractivity contribution in [3.05, 3.63) is 68.7 Å². The van der Waals surface area contributed by atoms with Crippen molar-refractivity contribution in [2.75, 3.05) is 11.9 Å². The summed E-state index contributed by atoms with van der Waals surface area (Å²) in [5, 5.41) is 24.0. The van der Waals surface area contributed by atoms with E-state index >= 15 is 0 Å². The highest BCUT2D eigenvalue weighted by atomic mass is 35.5. The van der Waals surface area contributed by atoms with Gasteiger partial charge in [-0.3, -0.25) is 10.1 Å². The molecule has 1 unspecified atom stereocenters. The van der Waals surface area contributed by atoms with Gasteiger partial charge in [0, 0.05) is 18.3 Å². The van der Waals surface area contributed by atoms with Gasteiger partial charge in [-0.05, 0) is 24.1 Å². The van der Waals surface area contributed by atoms with Gasteiger partial charge in [-0.15, -0.1) is 0 Å². The van der Waals surface area contributed by atoms with E-state index in [4.69, 9.17) is 11.6 Å². The Bertz CT molecular complexity index is 647. The van der Waals surface area contributed by atoms with E-state index in [9.17, 15) is 15.2 Å². The van der Waals surface area contributed by atoms with Gasteiger partial charge < -0.3 is 10.4 Å². The number of aliphatic hydroxyl groups is 1. The molecule has 21 heavy (non-hydrogen) atoms. The van der Waals surface area contributed by atoms with Crippen molar-refractivity contribution in [3.63, 3.8) is 0 Å². The van der Waals surface area contributed by atoms with E-state index in [0.29, 0.717) is 17.8 Å². The van der Waals surface area contributed by atoms with Gasteiger partial charge in [0.15, 0.2) is 0 Å². The van der Waals surface area contributed by atoms with Crippen molar-refractivity contribution in [1.29, 1.82) is 0 Å². The Balaban J connectivity index is 2.10. The fourth-order valence-corrected chi connectivity index (χ4v) is 2.23. The van der Waals surface area contributed by atoms with Crippen LogP contribution in [0.15, 0.2) is 42.5 Å². The SMILES string of the molecule is Cc1cc([N+](=O)[O-])c(Cl)cc1NCC(O)c1ccccc1. The molecule has 0 radical (unpaired) electrons. The Hall–Kier alpha value is -2.11. The zero-order chi connectivity index (χ0) is 15.4. The minimum atomic E-state index is -0.667. The number of halogens is 1. The molecule has 6 heteroatoms. The molecule has 5 nitrogen and oxygen atoms in total. The van der Waals surface area contributed by atoms with Crippen LogP contribution in [-0.4, -0.2) is 16.6 Å². The number of nitro benzene ring substituents is 1. The van der Waals surface area contributed by atoms with Gasteiger partial charge in [-0.25, -0.2) is 0 Å². The molecule has 2 aromatic rings. The van der Waals surface area contributed by atoms with E-state index in [-0.39, 0.29) is 10.7 Å². The molecule has 0 aliphatic carbocycles. The summed E-state index contributed by atoms with van der Waals surface area (Å²) < 4.78 is 0. The zero-order valence-corrected chi connectivity index (χ0v) is 12.2. The minimum Gasteiger partial charge on any atom is -0.387 e. The maximum absolute atomic E-state index is 10.8. The summed E-state index contributed by atoms with van der Waals surface area (Å²) in [6.45, 7) is 2.04. The molecule has 110 valence electrons. The topological polar surface area (TPSA) is 75.4 Å². The van der Waals surface area contributed by atoms with Crippen LogP contribution in [0.3, 0.4) is 0 Å². The predicted molar refractivity (Wildman–Crippen MR) is 82.7 cm³/mol. The average molecular weight is 307 g/mol. The Labute approximate surface area is 127 Å². The summed E-state index contributed by atoms with van der Waals surface area (Å²) in [4.78, 5) is 10.3. The molecule has 0 saturated heterocycles. The van der Waals surface area contributed by atoms with E-state index < -0.39 is 11.0 Å². The molecule has 0 spiro atoms. The average Bonchev–Trinajstić information content (AvgIpc) is 2.48. The molecular formula is C15H15ClN2O3. The second-order valence-corrected chi connectivity index (χ2v) is 5.09. The molecule has 0 saturated carbocycles. The van der Waals surface area contributed by atoms with Gasteiger partial charge in [-0.1, -0.05) is 41.9 Å². The fraction of sp³-hybridized carbons (Fsp3) is 0.200. The first-order valence-corrected chi connectivity index (χ1v) is 6.78. The molecule has 2 rings (SSSR count). The van der Waals surface area contributed by atoms with Crippen molar-refractivity contribution < 1.29 is 10.0 Å². The number of hydrogen-bond donors (Lipinski definition) is 2. The van der Waals surface area contributed by atoms with Crippen LogP contribution in [0.5, 0.6) is 0 Å². The monoisotopic (exact) mass is 306 g/mol. The van der Waals surface area contributed by atoms with Crippen LogP contribution in [-0.2, 0) is 0 Å². The molecular weight excluding hydrogens is 292 g/mol. The number of anilines is 1. The highest BCUT2D eigenvalue weighted by Crippen LogP contribution is 2.30. The smallest absolute Gasteiger partial charge is 0.288 e. The maximum atomic E-state index is 10.8. The van der Waals surface area contributed by atoms with Crippen molar-refractivity contribution in [3.8, 4) is 0 Å². The van der Waals surface area contributed by atoms with Gasteiger partial charge in [0.2, 0.25) is 0 Å². The lowest BCUT2D eigenvalue weighted by molar-refractivity contribution is -0.384. The van der Waals surface area contributed by atoms with Crippen LogP contribution in [0.2, 0.25) is 5.02 Å². The van der Waals surface area contributed by atoms with Crippen LogP contribution in [0.4, 0.5) is 11.4 Å². The molecule has 0 heterocycles. The van der Waals surface area contributed by atoms with Gasteiger partial charge in [0.05, 0.1) is 11.0 Å². The third-order valence-electron chi connectivity index (χ3n) is 3.16.